The number of nitrogens with zero attached hydrogens (tertiary/aromatic N) is 5. The molecule has 2 heterocycles. The predicted octanol–water partition coefficient (Wildman–Crippen LogP) is 2.43. The van der Waals surface area contributed by atoms with Crippen LogP contribution in [-0.4, -0.2) is 85.6 Å². The summed E-state index contributed by atoms with van der Waals surface area (Å²) in [6, 6.07) is 7.36. The van der Waals surface area contributed by atoms with Gasteiger partial charge in [0, 0.05) is 38.4 Å². The maximum Gasteiger partial charge on any atom is 0.319 e. The highest BCUT2D eigenvalue weighted by atomic mass is 16.6. The summed E-state index contributed by atoms with van der Waals surface area (Å²) in [5.41, 5.74) is 8.48. The standard InChI is InChI=1S/C26H38N8O4/c1-5-20(31-26(36)32-21-8-6-19(7-9-21)18(2)3)15-33(4)25-22(24(27)28-17-29-25)14-30-38-16-23(35)34-10-12-37-13-11-34/h6-9,14,17-18,20H,5,10-13,15-16H2,1-4H3,(H2,27,28,29)(H2,31,32,36)/b30-14+. The third kappa shape index (κ3) is 8.30. The van der Waals surface area contributed by atoms with Crippen molar-refractivity contribution in [3.05, 3.63) is 41.7 Å². The first-order valence-corrected chi connectivity index (χ1v) is 12.8. The third-order valence-corrected chi connectivity index (χ3v) is 6.22. The van der Waals surface area contributed by atoms with Crippen LogP contribution in [0.25, 0.3) is 0 Å². The molecule has 1 aromatic carbocycles. The number of rotatable bonds is 11. The normalized spacial score (nSPS) is 14.4. The maximum atomic E-state index is 12.6. The lowest BCUT2D eigenvalue weighted by Gasteiger charge is -2.26. The van der Waals surface area contributed by atoms with E-state index in [1.165, 1.54) is 18.1 Å². The van der Waals surface area contributed by atoms with Crippen LogP contribution in [0.1, 0.15) is 44.2 Å². The Morgan fingerprint density at radius 2 is 1.95 bits per heavy atom. The lowest BCUT2D eigenvalue weighted by molar-refractivity contribution is -0.140. The number of morpholine rings is 1. The highest BCUT2D eigenvalue weighted by Crippen LogP contribution is 2.20. The fourth-order valence-corrected chi connectivity index (χ4v) is 3.91. The van der Waals surface area contributed by atoms with E-state index in [-0.39, 0.29) is 30.4 Å². The summed E-state index contributed by atoms with van der Waals surface area (Å²) in [6.45, 7) is 8.63. The lowest BCUT2D eigenvalue weighted by atomic mass is 10.0. The average molecular weight is 527 g/mol. The monoisotopic (exact) mass is 526 g/mol. The van der Waals surface area contributed by atoms with Crippen LogP contribution in [-0.2, 0) is 14.4 Å². The number of likely N-dealkylation sites (N-methyl/N-ethyl adjacent to an activating group) is 1. The van der Waals surface area contributed by atoms with Gasteiger partial charge in [0.15, 0.2) is 6.61 Å². The zero-order valence-electron chi connectivity index (χ0n) is 22.5. The molecular weight excluding hydrogens is 488 g/mol. The van der Waals surface area contributed by atoms with Gasteiger partial charge in [0.05, 0.1) is 25.0 Å². The number of hydrogen-bond acceptors (Lipinski definition) is 9. The molecule has 0 saturated carbocycles. The van der Waals surface area contributed by atoms with E-state index in [0.29, 0.717) is 56.6 Å². The summed E-state index contributed by atoms with van der Waals surface area (Å²) in [5.74, 6) is 1.01. The number of urea groups is 1. The second-order valence-electron chi connectivity index (χ2n) is 9.36. The Kier molecular flexibility index (Phi) is 10.6. The van der Waals surface area contributed by atoms with Gasteiger partial charge in [-0.3, -0.25) is 4.79 Å². The van der Waals surface area contributed by atoms with Crippen LogP contribution in [0.3, 0.4) is 0 Å². The van der Waals surface area contributed by atoms with Crippen molar-refractivity contribution in [2.45, 2.75) is 39.2 Å². The summed E-state index contributed by atoms with van der Waals surface area (Å²) in [6.07, 6.45) is 3.46. The summed E-state index contributed by atoms with van der Waals surface area (Å²) < 4.78 is 5.25. The molecule has 0 aliphatic carbocycles. The highest BCUT2D eigenvalue weighted by molar-refractivity contribution is 5.92. The Morgan fingerprint density at radius 1 is 1.24 bits per heavy atom. The van der Waals surface area contributed by atoms with Gasteiger partial charge < -0.3 is 35.7 Å². The second kappa shape index (κ2) is 14.1. The Balaban J connectivity index is 1.57. The molecule has 1 aromatic heterocycles. The number of anilines is 3. The number of amides is 3. The van der Waals surface area contributed by atoms with Crippen LogP contribution in [0.15, 0.2) is 35.7 Å². The number of carbonyl (C=O) groups is 2. The number of aromatic nitrogens is 2. The molecule has 0 spiro atoms. The number of benzene rings is 1. The Morgan fingerprint density at radius 3 is 2.61 bits per heavy atom. The van der Waals surface area contributed by atoms with Crippen molar-refractivity contribution in [1.82, 2.24) is 20.2 Å². The Bertz CT molecular complexity index is 1090. The van der Waals surface area contributed by atoms with E-state index in [4.69, 9.17) is 15.3 Å². The van der Waals surface area contributed by atoms with Crippen molar-refractivity contribution in [2.75, 3.05) is 62.5 Å². The number of carbonyl (C=O) groups excluding carboxylic acids is 2. The summed E-state index contributed by atoms with van der Waals surface area (Å²) in [4.78, 5) is 42.0. The third-order valence-electron chi connectivity index (χ3n) is 6.22. The first-order valence-electron chi connectivity index (χ1n) is 12.8. The number of hydrogen-bond donors (Lipinski definition) is 3. The van der Waals surface area contributed by atoms with Gasteiger partial charge in [-0.15, -0.1) is 0 Å². The van der Waals surface area contributed by atoms with Gasteiger partial charge >= 0.3 is 6.03 Å². The van der Waals surface area contributed by atoms with Gasteiger partial charge in [0.1, 0.15) is 18.0 Å². The minimum Gasteiger partial charge on any atom is -0.386 e. The number of ether oxygens (including phenoxy) is 1. The molecular formula is C26H38N8O4. The first kappa shape index (κ1) is 28.6. The van der Waals surface area contributed by atoms with Gasteiger partial charge in [-0.25, -0.2) is 14.8 Å². The zero-order valence-corrected chi connectivity index (χ0v) is 22.5. The maximum absolute atomic E-state index is 12.6. The molecule has 1 saturated heterocycles. The molecule has 12 heteroatoms. The number of nitrogens with one attached hydrogen (secondary N) is 2. The largest absolute Gasteiger partial charge is 0.386 e. The van der Waals surface area contributed by atoms with Crippen LogP contribution in [0.5, 0.6) is 0 Å². The van der Waals surface area contributed by atoms with E-state index in [2.05, 4.69) is 39.6 Å². The molecule has 1 atom stereocenters. The summed E-state index contributed by atoms with van der Waals surface area (Å²) in [7, 11) is 1.84. The zero-order chi connectivity index (χ0) is 27.5. The van der Waals surface area contributed by atoms with Crippen LogP contribution >= 0.6 is 0 Å². The molecule has 0 radical (unpaired) electrons. The smallest absolute Gasteiger partial charge is 0.319 e. The minimum absolute atomic E-state index is 0.161. The van der Waals surface area contributed by atoms with Gasteiger partial charge in [-0.05, 0) is 30.0 Å². The minimum atomic E-state index is -0.287. The predicted molar refractivity (Wildman–Crippen MR) is 147 cm³/mol. The van der Waals surface area contributed by atoms with E-state index < -0.39 is 0 Å². The van der Waals surface area contributed by atoms with E-state index in [0.717, 1.165) is 5.69 Å². The molecule has 3 rings (SSSR count). The van der Waals surface area contributed by atoms with Crippen LogP contribution < -0.4 is 21.3 Å². The van der Waals surface area contributed by atoms with Gasteiger partial charge in [0.2, 0.25) is 0 Å². The molecule has 1 aliphatic rings. The average Bonchev–Trinajstić information content (AvgIpc) is 2.91. The lowest BCUT2D eigenvalue weighted by Crippen LogP contribution is -2.44. The van der Waals surface area contributed by atoms with Gasteiger partial charge in [0.25, 0.3) is 5.91 Å². The van der Waals surface area contributed by atoms with Crippen molar-refractivity contribution in [2.24, 2.45) is 5.16 Å². The molecule has 3 amide bonds. The van der Waals surface area contributed by atoms with Crippen molar-refractivity contribution in [3.63, 3.8) is 0 Å². The van der Waals surface area contributed by atoms with E-state index in [9.17, 15) is 9.59 Å². The summed E-state index contributed by atoms with van der Waals surface area (Å²) >= 11 is 0. The Hall–Kier alpha value is -3.93. The van der Waals surface area contributed by atoms with Crippen LogP contribution in [0, 0.1) is 0 Å². The second-order valence-corrected chi connectivity index (χ2v) is 9.36. The van der Waals surface area contributed by atoms with Crippen LogP contribution in [0.2, 0.25) is 0 Å². The molecule has 1 fully saturated rings. The fraction of sp³-hybridized carbons (Fsp3) is 0.500. The molecule has 1 unspecified atom stereocenters. The van der Waals surface area contributed by atoms with Crippen molar-refractivity contribution >= 4 is 35.5 Å². The first-order chi connectivity index (χ1) is 18.3. The van der Waals surface area contributed by atoms with Crippen molar-refractivity contribution in [1.29, 1.82) is 0 Å². The SMILES string of the molecule is CCC(CN(C)c1ncnc(N)c1/C=N/OCC(=O)N1CCOCC1)NC(=O)Nc1ccc(C(C)C)cc1. The number of nitrogen functional groups attached to an aromatic ring is 1. The van der Waals surface area contributed by atoms with Gasteiger partial charge in [-0.2, -0.15) is 0 Å². The quantitative estimate of drug-likeness (QED) is 0.299. The van der Waals surface area contributed by atoms with E-state index in [1.807, 2.05) is 43.1 Å². The number of oxime groups is 1. The number of nitrogens with two attached hydrogens (primary N) is 1. The molecule has 1 aliphatic heterocycles. The fourth-order valence-electron chi connectivity index (χ4n) is 3.91. The molecule has 0 bridgehead atoms. The van der Waals surface area contributed by atoms with E-state index in [1.54, 1.807) is 4.90 Å². The molecule has 2 aromatic rings. The van der Waals surface area contributed by atoms with Crippen molar-refractivity contribution in [3.8, 4) is 0 Å². The summed E-state index contributed by atoms with van der Waals surface area (Å²) in [5, 5.41) is 9.81. The molecule has 12 nitrogen and oxygen atoms in total. The van der Waals surface area contributed by atoms with Gasteiger partial charge in [-0.1, -0.05) is 38.1 Å². The molecule has 206 valence electrons. The topological polar surface area (TPSA) is 147 Å². The Labute approximate surface area is 223 Å². The molecule has 38 heavy (non-hydrogen) atoms. The van der Waals surface area contributed by atoms with E-state index >= 15 is 0 Å². The highest BCUT2D eigenvalue weighted by Gasteiger charge is 2.19. The van der Waals surface area contributed by atoms with Crippen molar-refractivity contribution < 1.29 is 19.2 Å². The van der Waals surface area contributed by atoms with Crippen LogP contribution in [0.4, 0.5) is 22.1 Å². The molecule has 4 N–H and O–H groups in total.